The molecule has 1 amide bonds. The second-order valence-electron chi connectivity index (χ2n) is 12.1. The number of guanidine groups is 1. The zero-order valence-corrected chi connectivity index (χ0v) is 27.8. The smallest absolute Gasteiger partial charge is 0.414 e. The lowest BCUT2D eigenvalue weighted by molar-refractivity contribution is -0.126. The van der Waals surface area contributed by atoms with Gasteiger partial charge in [0.2, 0.25) is 9.75 Å². The van der Waals surface area contributed by atoms with Crippen LogP contribution in [0, 0.1) is 0 Å². The molecule has 3 aliphatic heterocycles. The van der Waals surface area contributed by atoms with E-state index in [0.29, 0.717) is 5.82 Å². The van der Waals surface area contributed by atoms with E-state index in [1.807, 2.05) is 43.3 Å². The summed E-state index contributed by atoms with van der Waals surface area (Å²) in [4.78, 5) is 33.3. The van der Waals surface area contributed by atoms with Crippen LogP contribution < -0.4 is 26.3 Å². The molecule has 2 saturated heterocycles. The molecule has 0 aromatic heterocycles. The fraction of sp³-hybridized carbons (Fsp3) is 0.433. The zero-order valence-electron chi connectivity index (χ0n) is 24.5. The molecule has 2 unspecified atom stereocenters. The topological polar surface area (TPSA) is 104 Å². The number of nitrogens with zero attached hydrogens (tertiary/aromatic N) is 2. The minimum atomic E-state index is -2.94. The number of alkyl carbamates (subject to hydrolysis) is 1. The Morgan fingerprint density at radius 1 is 1.12 bits per heavy atom. The van der Waals surface area contributed by atoms with Crippen molar-refractivity contribution in [2.75, 3.05) is 13.2 Å². The van der Waals surface area contributed by atoms with Crippen LogP contribution in [-0.2, 0) is 14.0 Å². The number of Topliss-reactive ketones (excluding diaryl/α,β-unsaturated/α-hetero) is 1. The molecule has 3 N–H and O–H groups in total. The third-order valence-electron chi connectivity index (χ3n) is 8.22. The Balaban J connectivity index is 1.57. The number of aliphatic imine (C=N–C) groups is 1. The Morgan fingerprint density at radius 3 is 2.23 bits per heavy atom. The number of nitrogens with one attached hydrogen (secondary N) is 3. The number of halogens is 3. The van der Waals surface area contributed by atoms with Crippen molar-refractivity contribution < 1.29 is 18.8 Å². The quantitative estimate of drug-likeness (QED) is 0.319. The monoisotopic (exact) mass is 663 g/mol. The molecule has 2 aromatic rings. The van der Waals surface area contributed by atoms with E-state index in [2.05, 4.69) is 67.6 Å². The van der Waals surface area contributed by atoms with Gasteiger partial charge in [0.05, 0.1) is 12.4 Å². The highest BCUT2D eigenvalue weighted by Crippen LogP contribution is 2.42. The summed E-state index contributed by atoms with van der Waals surface area (Å²) in [6.07, 6.45) is -0.619. The lowest BCUT2D eigenvalue weighted by Crippen LogP contribution is -2.74. The number of carbonyl (C=O) groups is 2. The van der Waals surface area contributed by atoms with Crippen molar-refractivity contribution in [2.45, 2.75) is 66.7 Å². The summed E-state index contributed by atoms with van der Waals surface area (Å²) < 4.78 is 10.6. The number of hydrogen-bond acceptors (Lipinski definition) is 8. The molecule has 9 nitrogen and oxygen atoms in total. The number of benzene rings is 2. The first-order chi connectivity index (χ1) is 20.2. The van der Waals surface area contributed by atoms with E-state index in [1.165, 1.54) is 0 Å². The molecule has 2 fully saturated rings. The molecule has 13 heteroatoms. The van der Waals surface area contributed by atoms with Crippen molar-refractivity contribution in [3.8, 4) is 0 Å². The maximum absolute atomic E-state index is 13.7. The van der Waals surface area contributed by atoms with Gasteiger partial charge in [-0.1, -0.05) is 123 Å². The highest BCUT2D eigenvalue weighted by atomic mass is 35.6. The van der Waals surface area contributed by atoms with Crippen molar-refractivity contribution in [3.05, 3.63) is 73.1 Å². The van der Waals surface area contributed by atoms with Crippen LogP contribution in [-0.4, -0.2) is 71.8 Å². The van der Waals surface area contributed by atoms with Crippen molar-refractivity contribution in [1.82, 2.24) is 20.9 Å². The van der Waals surface area contributed by atoms with Crippen LogP contribution in [0.15, 0.2) is 78.1 Å². The van der Waals surface area contributed by atoms with Crippen LogP contribution >= 0.6 is 34.8 Å². The summed E-state index contributed by atoms with van der Waals surface area (Å²) in [6, 6.07) is 19.2. The summed E-state index contributed by atoms with van der Waals surface area (Å²) >= 11 is 17.4. The first kappa shape index (κ1) is 31.7. The van der Waals surface area contributed by atoms with E-state index in [4.69, 9.17) is 49.0 Å². The third kappa shape index (κ3) is 5.75. The molecule has 0 radical (unpaired) electrons. The number of ether oxygens (including phenoxy) is 1. The molecule has 43 heavy (non-hydrogen) atoms. The lowest BCUT2D eigenvalue weighted by atomic mass is 9.90. The first-order valence-corrected chi connectivity index (χ1v) is 17.1. The average molecular weight is 665 g/mol. The molecule has 3 heterocycles. The van der Waals surface area contributed by atoms with Crippen molar-refractivity contribution in [3.63, 3.8) is 0 Å². The van der Waals surface area contributed by atoms with E-state index >= 15 is 0 Å². The van der Waals surface area contributed by atoms with Gasteiger partial charge in [-0.15, -0.1) is 0 Å². The first-order valence-electron chi connectivity index (χ1n) is 14.1. The van der Waals surface area contributed by atoms with Gasteiger partial charge in [-0.3, -0.25) is 10.1 Å². The van der Waals surface area contributed by atoms with E-state index < -0.39 is 42.6 Å². The largest absolute Gasteiger partial charge is 0.445 e. The van der Waals surface area contributed by atoms with Gasteiger partial charge in [0, 0.05) is 12.5 Å². The maximum atomic E-state index is 13.7. The number of rotatable bonds is 6. The molecule has 1 spiro atoms. The summed E-state index contributed by atoms with van der Waals surface area (Å²) in [5, 5.41) is 11.3. The van der Waals surface area contributed by atoms with Crippen molar-refractivity contribution >= 4 is 71.3 Å². The number of ketones is 1. The SMILES string of the molecule is C=C1NC2[C@H](CO[Si](c3ccccc3)(c3ccccc3)C(C)(C)C)N=C(NC(=O)OCC(Cl)(Cl)Cl)N3[C@@H](C)CC(=O)C23N1. The fourth-order valence-corrected chi connectivity index (χ4v) is 11.3. The molecule has 0 saturated carbocycles. The number of amides is 1. The van der Waals surface area contributed by atoms with E-state index in [9.17, 15) is 9.59 Å². The Labute approximate surface area is 268 Å². The number of carbonyl (C=O) groups excluding carboxylic acids is 2. The summed E-state index contributed by atoms with van der Waals surface area (Å²) in [7, 11) is -2.94. The molecule has 4 atom stereocenters. The van der Waals surface area contributed by atoms with E-state index in [-0.39, 0.29) is 35.9 Å². The Kier molecular flexibility index (Phi) is 8.56. The van der Waals surface area contributed by atoms with Gasteiger partial charge in [-0.05, 0) is 22.3 Å². The molecule has 0 bridgehead atoms. The Hall–Kier alpha value is -2.76. The van der Waals surface area contributed by atoms with Crippen LogP contribution in [0.4, 0.5) is 4.79 Å². The van der Waals surface area contributed by atoms with Crippen LogP contribution in [0.3, 0.4) is 0 Å². The summed E-state index contributed by atoms with van der Waals surface area (Å²) in [5.41, 5.74) is -1.23. The number of hydrogen-bond donors (Lipinski definition) is 3. The minimum absolute atomic E-state index is 0.0459. The normalized spacial score (nSPS) is 25.3. The predicted octanol–water partition coefficient (Wildman–Crippen LogP) is 3.79. The Morgan fingerprint density at radius 2 is 1.70 bits per heavy atom. The zero-order chi connectivity index (χ0) is 31.2. The van der Waals surface area contributed by atoms with Crippen molar-refractivity contribution in [1.29, 1.82) is 0 Å². The van der Waals surface area contributed by atoms with Crippen LogP contribution in [0.5, 0.6) is 0 Å². The lowest BCUT2D eigenvalue weighted by Gasteiger charge is -2.48. The van der Waals surface area contributed by atoms with Gasteiger partial charge in [0.25, 0.3) is 8.32 Å². The van der Waals surface area contributed by atoms with Gasteiger partial charge < -0.3 is 24.7 Å². The summed E-state index contributed by atoms with van der Waals surface area (Å²) in [6.45, 7) is 12.2. The second kappa shape index (κ2) is 11.6. The average Bonchev–Trinajstić information content (AvgIpc) is 3.42. The standard InChI is InChI=1S/C30H36Cl3N5O4Si/c1-19-16-24(39)30-25(34-20(2)37-30)23(35-26(38(19)30)36-27(40)41-18-29(31,32)33)17-42-43(28(3,4)5,21-12-8-6-9-13-21)22-14-10-7-11-15-22/h6-15,19,23,25,34,37H,2,16-18H2,1,3-5H3,(H,35,36,40)/t19-,23-,25?,30?/m0/s1. The second-order valence-corrected chi connectivity index (χ2v) is 19.0. The van der Waals surface area contributed by atoms with E-state index in [0.717, 1.165) is 10.4 Å². The third-order valence-corrected chi connectivity index (χ3v) is 13.5. The molecular weight excluding hydrogens is 629 g/mol. The summed E-state index contributed by atoms with van der Waals surface area (Å²) in [5.74, 6) is 0.613. The van der Waals surface area contributed by atoms with Gasteiger partial charge in [0.15, 0.2) is 11.4 Å². The predicted molar refractivity (Wildman–Crippen MR) is 172 cm³/mol. The van der Waals surface area contributed by atoms with Crippen LogP contribution in [0.1, 0.15) is 34.1 Å². The van der Waals surface area contributed by atoms with Gasteiger partial charge in [-0.2, -0.15) is 0 Å². The fourth-order valence-electron chi connectivity index (χ4n) is 6.60. The Bertz CT molecular complexity index is 1380. The van der Waals surface area contributed by atoms with Gasteiger partial charge in [0.1, 0.15) is 18.7 Å². The molecule has 2 aromatic carbocycles. The van der Waals surface area contributed by atoms with Crippen molar-refractivity contribution in [2.24, 2.45) is 4.99 Å². The molecular formula is C30H36Cl3N5O4Si. The highest BCUT2D eigenvalue weighted by molar-refractivity contribution is 6.99. The highest BCUT2D eigenvalue weighted by Gasteiger charge is 2.65. The molecule has 0 aliphatic carbocycles. The maximum Gasteiger partial charge on any atom is 0.414 e. The van der Waals surface area contributed by atoms with Gasteiger partial charge in [-0.25, -0.2) is 9.79 Å². The molecule has 230 valence electrons. The van der Waals surface area contributed by atoms with E-state index in [1.54, 1.807) is 4.90 Å². The number of alkyl halides is 3. The molecule has 3 aliphatic rings. The van der Waals surface area contributed by atoms with Crippen LogP contribution in [0.25, 0.3) is 0 Å². The van der Waals surface area contributed by atoms with Gasteiger partial charge >= 0.3 is 6.09 Å². The van der Waals surface area contributed by atoms with Crippen LogP contribution in [0.2, 0.25) is 5.04 Å². The minimum Gasteiger partial charge on any atom is -0.445 e. The molecule has 5 rings (SSSR count).